The van der Waals surface area contributed by atoms with Crippen molar-refractivity contribution in [1.82, 2.24) is 19.7 Å². The van der Waals surface area contributed by atoms with Gasteiger partial charge in [0.05, 0.1) is 33.8 Å². The van der Waals surface area contributed by atoms with E-state index in [-0.39, 0.29) is 24.6 Å². The lowest BCUT2D eigenvalue weighted by molar-refractivity contribution is -0.135. The summed E-state index contributed by atoms with van der Waals surface area (Å²) in [7, 11) is 0. The molecule has 4 aromatic rings. The second-order valence-corrected chi connectivity index (χ2v) is 10.2. The highest BCUT2D eigenvalue weighted by Gasteiger charge is 2.31. The summed E-state index contributed by atoms with van der Waals surface area (Å²) < 4.78 is 7.33. The first-order valence-corrected chi connectivity index (χ1v) is 12.7. The van der Waals surface area contributed by atoms with Crippen molar-refractivity contribution in [2.45, 2.75) is 38.8 Å². The van der Waals surface area contributed by atoms with E-state index in [1.54, 1.807) is 39.6 Å². The minimum Gasteiger partial charge on any atom is -0.452 e. The molecular weight excluding hydrogens is 456 g/mol. The maximum absolute atomic E-state index is 13.1. The van der Waals surface area contributed by atoms with Crippen LogP contribution in [-0.2, 0) is 9.53 Å². The van der Waals surface area contributed by atoms with Gasteiger partial charge >= 0.3 is 5.97 Å². The van der Waals surface area contributed by atoms with Crippen LogP contribution in [0, 0.1) is 0 Å². The summed E-state index contributed by atoms with van der Waals surface area (Å²) in [5.74, 6) is -0.704. The van der Waals surface area contributed by atoms with Crippen molar-refractivity contribution in [3.63, 3.8) is 0 Å². The van der Waals surface area contributed by atoms with Crippen LogP contribution in [0.2, 0.25) is 0 Å². The number of esters is 1. The molecule has 0 bridgehead atoms. The van der Waals surface area contributed by atoms with E-state index in [4.69, 9.17) is 9.72 Å². The second-order valence-electron chi connectivity index (χ2n) is 8.29. The number of nitrogens with zero attached hydrogens (tertiary/aromatic N) is 4. The van der Waals surface area contributed by atoms with Crippen molar-refractivity contribution in [3.05, 3.63) is 57.7 Å². The van der Waals surface area contributed by atoms with Crippen molar-refractivity contribution in [2.75, 3.05) is 13.2 Å². The molecule has 33 heavy (non-hydrogen) atoms. The van der Waals surface area contributed by atoms with Gasteiger partial charge in [0, 0.05) is 17.5 Å². The zero-order valence-electron chi connectivity index (χ0n) is 18.4. The van der Waals surface area contributed by atoms with Crippen molar-refractivity contribution in [3.8, 4) is 10.6 Å². The maximum atomic E-state index is 13.1. The Morgan fingerprint density at radius 3 is 2.76 bits per heavy atom. The number of ether oxygens (including phenoxy) is 1. The van der Waals surface area contributed by atoms with Gasteiger partial charge in [0.2, 0.25) is 0 Å². The minimum atomic E-state index is -0.538. The summed E-state index contributed by atoms with van der Waals surface area (Å²) in [5, 5.41) is 9.05. The van der Waals surface area contributed by atoms with Gasteiger partial charge in [-0.1, -0.05) is 12.1 Å². The standard InChI is InChI=1S/C24H24N4O3S2/c1-15(2)28-23-17(13-25-28)16(12-18(26-23)20-7-4-10-32-20)24(30)31-14-22(29)27-9-3-6-19(27)21-8-5-11-33-21/h4-5,7-8,10-13,15,19H,3,6,9,14H2,1-2H3. The van der Waals surface area contributed by atoms with Gasteiger partial charge in [-0.05, 0) is 55.6 Å². The lowest BCUT2D eigenvalue weighted by Gasteiger charge is -2.23. The summed E-state index contributed by atoms with van der Waals surface area (Å²) in [6.45, 7) is 4.44. The number of thiophene rings is 2. The third-order valence-corrected chi connectivity index (χ3v) is 7.69. The number of fused-ring (bicyclic) bond motifs is 1. The van der Waals surface area contributed by atoms with Crippen molar-refractivity contribution >= 4 is 45.6 Å². The Morgan fingerprint density at radius 1 is 1.21 bits per heavy atom. The fraction of sp³-hybridized carbons (Fsp3) is 0.333. The van der Waals surface area contributed by atoms with Crippen molar-refractivity contribution in [1.29, 1.82) is 0 Å². The molecule has 5 rings (SSSR count). The van der Waals surface area contributed by atoms with Crippen LogP contribution in [0.4, 0.5) is 0 Å². The summed E-state index contributed by atoms with van der Waals surface area (Å²) >= 11 is 3.20. The highest BCUT2D eigenvalue weighted by atomic mass is 32.1. The van der Waals surface area contributed by atoms with Gasteiger partial charge in [0.15, 0.2) is 12.3 Å². The first-order valence-electron chi connectivity index (χ1n) is 10.9. The average molecular weight is 481 g/mol. The Labute approximate surface area is 199 Å². The van der Waals surface area contributed by atoms with E-state index in [0.29, 0.717) is 28.8 Å². The van der Waals surface area contributed by atoms with E-state index >= 15 is 0 Å². The molecule has 9 heteroatoms. The second kappa shape index (κ2) is 9.07. The van der Waals surface area contributed by atoms with Gasteiger partial charge in [0.1, 0.15) is 0 Å². The normalized spacial score (nSPS) is 16.1. The Hall–Kier alpha value is -3.04. The lowest BCUT2D eigenvalue weighted by atomic mass is 10.1. The highest BCUT2D eigenvalue weighted by Crippen LogP contribution is 2.34. The molecule has 170 valence electrons. The highest BCUT2D eigenvalue weighted by molar-refractivity contribution is 7.13. The Morgan fingerprint density at radius 2 is 2.03 bits per heavy atom. The Bertz CT molecular complexity index is 1280. The molecule has 0 radical (unpaired) electrons. The number of rotatable bonds is 6. The van der Waals surface area contributed by atoms with E-state index in [1.165, 1.54) is 4.88 Å². The molecule has 0 saturated carbocycles. The van der Waals surface area contributed by atoms with Crippen LogP contribution >= 0.6 is 22.7 Å². The molecule has 0 N–H and O–H groups in total. The third kappa shape index (κ3) is 4.18. The van der Waals surface area contributed by atoms with E-state index in [1.807, 2.05) is 47.7 Å². The molecule has 0 aromatic carbocycles. The number of aromatic nitrogens is 3. The Balaban J connectivity index is 1.39. The van der Waals surface area contributed by atoms with Gasteiger partial charge in [-0.25, -0.2) is 14.5 Å². The quantitative estimate of drug-likeness (QED) is 0.349. The third-order valence-electron chi connectivity index (χ3n) is 5.82. The number of pyridine rings is 1. The molecule has 1 saturated heterocycles. The van der Waals surface area contributed by atoms with Crippen LogP contribution in [0.15, 0.2) is 47.3 Å². The number of amides is 1. The lowest BCUT2D eigenvalue weighted by Crippen LogP contribution is -2.34. The molecule has 1 aliphatic heterocycles. The van der Waals surface area contributed by atoms with Crippen molar-refractivity contribution < 1.29 is 14.3 Å². The van der Waals surface area contributed by atoms with E-state index in [0.717, 1.165) is 17.7 Å². The summed E-state index contributed by atoms with van der Waals surface area (Å²) in [6.07, 6.45) is 3.53. The topological polar surface area (TPSA) is 77.3 Å². The molecular formula is C24H24N4O3S2. The molecule has 1 unspecified atom stereocenters. The smallest absolute Gasteiger partial charge is 0.339 e. The first kappa shape index (κ1) is 21.8. The van der Waals surface area contributed by atoms with Crippen LogP contribution in [-0.4, -0.2) is 44.7 Å². The van der Waals surface area contributed by atoms with Crippen LogP contribution in [0.3, 0.4) is 0 Å². The number of hydrogen-bond acceptors (Lipinski definition) is 7. The molecule has 5 heterocycles. The van der Waals surface area contributed by atoms with E-state index in [2.05, 4.69) is 11.2 Å². The van der Waals surface area contributed by atoms with Gasteiger partial charge < -0.3 is 9.64 Å². The SMILES string of the molecule is CC(C)n1ncc2c(C(=O)OCC(=O)N3CCCC3c3cccs3)cc(-c3cccs3)nc21. The number of hydrogen-bond donors (Lipinski definition) is 0. The number of carbonyl (C=O) groups excluding carboxylic acids is 2. The van der Waals surface area contributed by atoms with E-state index < -0.39 is 5.97 Å². The van der Waals surface area contributed by atoms with Crippen LogP contribution in [0.5, 0.6) is 0 Å². The van der Waals surface area contributed by atoms with Crippen molar-refractivity contribution in [2.24, 2.45) is 0 Å². The van der Waals surface area contributed by atoms with Crippen LogP contribution in [0.1, 0.15) is 54.0 Å². The monoisotopic (exact) mass is 480 g/mol. The number of carbonyl (C=O) groups is 2. The molecule has 7 nitrogen and oxygen atoms in total. The Kier molecular flexibility index (Phi) is 5.99. The van der Waals surface area contributed by atoms with Crippen LogP contribution in [0.25, 0.3) is 21.6 Å². The zero-order valence-corrected chi connectivity index (χ0v) is 20.1. The minimum absolute atomic E-state index is 0.0681. The van der Waals surface area contributed by atoms with Gasteiger partial charge in [-0.15, -0.1) is 22.7 Å². The molecule has 1 aliphatic rings. The zero-order chi connectivity index (χ0) is 22.9. The number of likely N-dealkylation sites (tertiary alicyclic amines) is 1. The average Bonchev–Trinajstić information content (AvgIpc) is 3.62. The molecule has 1 amide bonds. The summed E-state index contributed by atoms with van der Waals surface area (Å²) in [5.41, 5.74) is 1.70. The van der Waals surface area contributed by atoms with Gasteiger partial charge in [0.25, 0.3) is 5.91 Å². The largest absolute Gasteiger partial charge is 0.452 e. The molecule has 1 atom stereocenters. The van der Waals surface area contributed by atoms with E-state index in [9.17, 15) is 9.59 Å². The fourth-order valence-electron chi connectivity index (χ4n) is 4.25. The maximum Gasteiger partial charge on any atom is 0.339 e. The predicted molar refractivity (Wildman–Crippen MR) is 130 cm³/mol. The molecule has 0 aliphatic carbocycles. The molecule has 4 aromatic heterocycles. The summed E-state index contributed by atoms with van der Waals surface area (Å²) in [4.78, 5) is 34.8. The molecule has 1 fully saturated rings. The first-order chi connectivity index (χ1) is 16.0. The summed E-state index contributed by atoms with van der Waals surface area (Å²) in [6, 6.07) is 9.85. The van der Waals surface area contributed by atoms with Crippen LogP contribution < -0.4 is 0 Å². The fourth-order valence-corrected chi connectivity index (χ4v) is 5.80. The van der Waals surface area contributed by atoms with Gasteiger partial charge in [-0.2, -0.15) is 5.10 Å². The predicted octanol–water partition coefficient (Wildman–Crippen LogP) is 5.32. The van der Waals surface area contributed by atoms with Gasteiger partial charge in [-0.3, -0.25) is 4.79 Å². The molecule has 0 spiro atoms.